The Morgan fingerprint density at radius 1 is 0.800 bits per heavy atom. The molecule has 0 amide bonds. The summed E-state index contributed by atoms with van der Waals surface area (Å²) in [4.78, 5) is 0. The quantitative estimate of drug-likeness (QED) is 0.186. The molecule has 206 valence electrons. The van der Waals surface area contributed by atoms with Crippen LogP contribution in [-0.2, 0) is 33.8 Å². The van der Waals surface area contributed by atoms with Crippen LogP contribution < -0.4 is 4.74 Å². The molecular formula is C35H35ClO4. The summed E-state index contributed by atoms with van der Waals surface area (Å²) in [6, 6.07) is 34.6. The van der Waals surface area contributed by atoms with E-state index in [1.165, 1.54) is 0 Å². The van der Waals surface area contributed by atoms with Gasteiger partial charge in [-0.05, 0) is 59.4 Å². The second-order valence-electron chi connectivity index (χ2n) is 9.97. The van der Waals surface area contributed by atoms with E-state index in [4.69, 9.17) is 30.5 Å². The minimum Gasteiger partial charge on any atom is -0.494 e. The van der Waals surface area contributed by atoms with Crippen molar-refractivity contribution in [3.05, 3.63) is 148 Å². The van der Waals surface area contributed by atoms with Crippen LogP contribution in [0.2, 0.25) is 5.02 Å². The average Bonchev–Trinajstić information content (AvgIpc) is 2.98. The predicted molar refractivity (Wildman–Crippen MR) is 159 cm³/mol. The van der Waals surface area contributed by atoms with Crippen molar-refractivity contribution in [1.29, 1.82) is 0 Å². The first-order chi connectivity index (χ1) is 19.6. The van der Waals surface area contributed by atoms with Gasteiger partial charge in [0.1, 0.15) is 23.7 Å². The van der Waals surface area contributed by atoms with E-state index in [0.29, 0.717) is 38.4 Å². The summed E-state index contributed by atoms with van der Waals surface area (Å²) in [5, 5.41) is 0.730. The maximum Gasteiger partial charge on any atom is 0.141 e. The third-order valence-electron chi connectivity index (χ3n) is 7.04. The van der Waals surface area contributed by atoms with Gasteiger partial charge < -0.3 is 18.9 Å². The minimum atomic E-state index is -0.379. The molecule has 4 aromatic rings. The van der Waals surface area contributed by atoms with Crippen LogP contribution in [-0.4, -0.2) is 18.8 Å². The Morgan fingerprint density at radius 3 is 2.10 bits per heavy atom. The fourth-order valence-electron chi connectivity index (χ4n) is 4.96. The van der Waals surface area contributed by atoms with Gasteiger partial charge in [0.25, 0.3) is 0 Å². The van der Waals surface area contributed by atoms with Gasteiger partial charge in [0.05, 0.1) is 25.9 Å². The van der Waals surface area contributed by atoms with Crippen LogP contribution in [0, 0.1) is 0 Å². The maximum absolute atomic E-state index is 6.64. The molecule has 0 aromatic heterocycles. The lowest BCUT2D eigenvalue weighted by molar-refractivity contribution is -0.139. The Labute approximate surface area is 242 Å². The van der Waals surface area contributed by atoms with E-state index in [1.54, 1.807) is 0 Å². The fourth-order valence-corrected chi connectivity index (χ4v) is 5.14. The topological polar surface area (TPSA) is 36.9 Å². The van der Waals surface area contributed by atoms with Crippen LogP contribution in [0.3, 0.4) is 0 Å². The van der Waals surface area contributed by atoms with E-state index in [-0.39, 0.29) is 18.3 Å². The summed E-state index contributed by atoms with van der Waals surface area (Å²) in [5.74, 6) is 1.44. The molecule has 1 unspecified atom stereocenters. The SMILES string of the molecule is C=C1O[C@@H](c2ccc(Cl)c(Cc3ccc(OCC)cc3)c2)CC(OCc2ccccc2)[C@@H]1OCc1ccccc1. The van der Waals surface area contributed by atoms with Gasteiger partial charge >= 0.3 is 0 Å². The Morgan fingerprint density at radius 2 is 1.45 bits per heavy atom. The van der Waals surface area contributed by atoms with Crippen LogP contribution in [0.1, 0.15) is 47.3 Å². The molecule has 0 aliphatic carbocycles. The summed E-state index contributed by atoms with van der Waals surface area (Å²) in [6.45, 7) is 7.83. The van der Waals surface area contributed by atoms with Crippen LogP contribution in [0.4, 0.5) is 0 Å². The molecule has 0 bridgehead atoms. The molecule has 0 N–H and O–H groups in total. The van der Waals surface area contributed by atoms with Crippen LogP contribution >= 0.6 is 11.6 Å². The standard InChI is InChI=1S/C35H35ClO4/c1-3-37-31-17-14-26(15-18-31)20-30-21-29(16-19-32(30)36)33-22-34(38-23-27-10-6-4-7-11-27)35(25(2)40-33)39-24-28-12-8-5-9-13-28/h4-19,21,33-35H,2-3,20,22-24H2,1H3/t33-,34?,35-/m1/s1. The zero-order valence-electron chi connectivity index (χ0n) is 22.8. The van der Waals surface area contributed by atoms with Gasteiger partial charge in [0.15, 0.2) is 0 Å². The molecule has 4 aromatic carbocycles. The van der Waals surface area contributed by atoms with E-state index >= 15 is 0 Å². The molecule has 1 heterocycles. The van der Waals surface area contributed by atoms with Gasteiger partial charge in [-0.15, -0.1) is 0 Å². The van der Waals surface area contributed by atoms with Crippen LogP contribution in [0.25, 0.3) is 0 Å². The Bertz CT molecular complexity index is 1370. The largest absolute Gasteiger partial charge is 0.494 e. The Kier molecular flexibility index (Phi) is 9.56. The van der Waals surface area contributed by atoms with Crippen LogP contribution in [0.15, 0.2) is 115 Å². The number of hydrogen-bond acceptors (Lipinski definition) is 4. The summed E-state index contributed by atoms with van der Waals surface area (Å²) in [6.07, 6.45) is 0.524. The van der Waals surface area contributed by atoms with Gasteiger partial charge in [-0.25, -0.2) is 0 Å². The molecule has 1 fully saturated rings. The lowest BCUT2D eigenvalue weighted by Crippen LogP contribution is -2.40. The normalized spacial score (nSPS) is 18.8. The van der Waals surface area contributed by atoms with E-state index in [0.717, 1.165) is 38.6 Å². The van der Waals surface area contributed by atoms with Gasteiger partial charge in [0.2, 0.25) is 0 Å². The van der Waals surface area contributed by atoms with Crippen molar-refractivity contribution in [2.24, 2.45) is 0 Å². The molecule has 0 radical (unpaired) electrons. The second kappa shape index (κ2) is 13.7. The molecule has 1 saturated heterocycles. The highest BCUT2D eigenvalue weighted by atomic mass is 35.5. The van der Waals surface area contributed by atoms with Crippen molar-refractivity contribution in [2.45, 2.75) is 51.3 Å². The Hall–Kier alpha value is -3.57. The molecule has 4 nitrogen and oxygen atoms in total. The van der Waals surface area contributed by atoms with E-state index in [2.05, 4.69) is 49.0 Å². The highest BCUT2D eigenvalue weighted by molar-refractivity contribution is 6.31. The second-order valence-corrected chi connectivity index (χ2v) is 10.4. The number of hydrogen-bond donors (Lipinski definition) is 0. The maximum atomic E-state index is 6.64. The zero-order valence-corrected chi connectivity index (χ0v) is 23.6. The molecule has 40 heavy (non-hydrogen) atoms. The predicted octanol–water partition coefficient (Wildman–Crippen LogP) is 8.48. The molecule has 5 heteroatoms. The van der Waals surface area contributed by atoms with Crippen molar-refractivity contribution in [3.8, 4) is 5.75 Å². The lowest BCUT2D eigenvalue weighted by atomic mass is 9.93. The Balaban J connectivity index is 1.32. The monoisotopic (exact) mass is 554 g/mol. The summed E-state index contributed by atoms with van der Waals surface area (Å²) < 4.78 is 24.8. The molecule has 3 atom stereocenters. The fraction of sp³-hybridized carbons (Fsp3) is 0.257. The molecule has 0 saturated carbocycles. The summed E-state index contributed by atoms with van der Waals surface area (Å²) in [7, 11) is 0. The number of rotatable bonds is 11. The first kappa shape index (κ1) is 28.0. The molecule has 1 aliphatic heterocycles. The first-order valence-corrected chi connectivity index (χ1v) is 14.1. The number of benzene rings is 4. The summed E-state index contributed by atoms with van der Waals surface area (Å²) >= 11 is 6.64. The van der Waals surface area contributed by atoms with Crippen molar-refractivity contribution < 1.29 is 18.9 Å². The summed E-state index contributed by atoms with van der Waals surface area (Å²) in [5.41, 5.74) is 5.45. The van der Waals surface area contributed by atoms with Gasteiger partial charge in [-0.1, -0.05) is 103 Å². The molecule has 0 spiro atoms. The third-order valence-corrected chi connectivity index (χ3v) is 7.41. The molecule has 5 rings (SSSR count). The van der Waals surface area contributed by atoms with Crippen molar-refractivity contribution >= 4 is 11.6 Å². The minimum absolute atomic E-state index is 0.221. The van der Waals surface area contributed by atoms with Crippen molar-refractivity contribution in [3.63, 3.8) is 0 Å². The lowest BCUT2D eigenvalue weighted by Gasteiger charge is -2.38. The zero-order chi connectivity index (χ0) is 27.7. The third kappa shape index (κ3) is 7.33. The highest BCUT2D eigenvalue weighted by Crippen LogP contribution is 2.38. The number of ether oxygens (including phenoxy) is 4. The van der Waals surface area contributed by atoms with E-state index < -0.39 is 0 Å². The number of halogens is 1. The van der Waals surface area contributed by atoms with Gasteiger partial charge in [-0.3, -0.25) is 0 Å². The van der Waals surface area contributed by atoms with E-state index in [9.17, 15) is 0 Å². The molecule has 1 aliphatic rings. The van der Waals surface area contributed by atoms with Gasteiger partial charge in [0, 0.05) is 11.4 Å². The van der Waals surface area contributed by atoms with Crippen LogP contribution in [0.5, 0.6) is 5.75 Å². The molecular weight excluding hydrogens is 520 g/mol. The van der Waals surface area contributed by atoms with Gasteiger partial charge in [-0.2, -0.15) is 0 Å². The van der Waals surface area contributed by atoms with Crippen molar-refractivity contribution in [2.75, 3.05) is 6.61 Å². The van der Waals surface area contributed by atoms with E-state index in [1.807, 2.05) is 67.6 Å². The van der Waals surface area contributed by atoms with Crippen molar-refractivity contribution in [1.82, 2.24) is 0 Å². The average molecular weight is 555 g/mol. The smallest absolute Gasteiger partial charge is 0.141 e. The first-order valence-electron chi connectivity index (χ1n) is 13.8. The highest BCUT2D eigenvalue weighted by Gasteiger charge is 2.37.